The molecule has 1 heterocycles. The van der Waals surface area contributed by atoms with E-state index in [1.165, 1.54) is 0 Å². The van der Waals surface area contributed by atoms with E-state index in [1.807, 2.05) is 25.8 Å². The molecule has 0 aliphatic carbocycles. The summed E-state index contributed by atoms with van der Waals surface area (Å²) in [5.74, 6) is 1.19. The number of ether oxygens (including phenoxy) is 1. The van der Waals surface area contributed by atoms with Crippen LogP contribution in [0, 0.1) is 19.8 Å². The van der Waals surface area contributed by atoms with Gasteiger partial charge in [0.2, 0.25) is 11.8 Å². The van der Waals surface area contributed by atoms with Crippen molar-refractivity contribution in [3.8, 4) is 5.75 Å². The van der Waals surface area contributed by atoms with E-state index in [2.05, 4.69) is 12.1 Å². The van der Waals surface area contributed by atoms with Gasteiger partial charge in [-0.25, -0.2) is 0 Å². The molecule has 2 amide bonds. The summed E-state index contributed by atoms with van der Waals surface area (Å²) in [6.45, 7) is 7.59. The third-order valence-corrected chi connectivity index (χ3v) is 4.81. The molecule has 5 heteroatoms. The zero-order valence-electron chi connectivity index (χ0n) is 15.4. The number of likely N-dealkylation sites (tertiary alicyclic amines) is 1. The maximum Gasteiger partial charge on any atom is 0.225 e. The molecule has 1 saturated heterocycles. The quantitative estimate of drug-likeness (QED) is 0.851. The number of piperidine rings is 1. The highest BCUT2D eigenvalue weighted by molar-refractivity contribution is 5.79. The molecule has 2 rings (SSSR count). The molecule has 0 saturated carbocycles. The van der Waals surface area contributed by atoms with E-state index in [0.29, 0.717) is 19.6 Å². The third kappa shape index (κ3) is 4.08. The number of nitrogens with zero attached hydrogens (tertiary/aromatic N) is 2. The first-order valence-corrected chi connectivity index (χ1v) is 8.48. The van der Waals surface area contributed by atoms with E-state index in [0.717, 1.165) is 35.3 Å². The molecule has 24 heavy (non-hydrogen) atoms. The molecule has 1 aromatic rings. The molecule has 1 aliphatic rings. The van der Waals surface area contributed by atoms with Crippen LogP contribution >= 0.6 is 0 Å². The summed E-state index contributed by atoms with van der Waals surface area (Å²) in [6, 6.07) is 4.15. The number of benzene rings is 1. The molecule has 0 atom stereocenters. The number of methoxy groups -OCH3 is 1. The molecular formula is C19H28N2O3. The number of carbonyl (C=O) groups is 2. The Morgan fingerprint density at radius 3 is 2.21 bits per heavy atom. The van der Waals surface area contributed by atoms with Gasteiger partial charge in [-0.2, -0.15) is 0 Å². The molecule has 0 radical (unpaired) electrons. The maximum absolute atomic E-state index is 12.7. The molecule has 0 spiro atoms. The first-order valence-electron chi connectivity index (χ1n) is 8.48. The molecule has 5 nitrogen and oxygen atoms in total. The standard InChI is InChI=1S/C19H28N2O3/c1-13-10-16(11-14(2)18(13)24-5)12-20(4)19(23)17-6-8-21(9-7-17)15(3)22/h10-11,17H,6-9,12H2,1-5H3. The second kappa shape index (κ2) is 7.69. The number of hydrogen-bond acceptors (Lipinski definition) is 3. The molecule has 132 valence electrons. The van der Waals surface area contributed by atoms with Gasteiger partial charge in [0.15, 0.2) is 0 Å². The van der Waals surface area contributed by atoms with Crippen LogP contribution in [-0.4, -0.2) is 48.9 Å². The summed E-state index contributed by atoms with van der Waals surface area (Å²) < 4.78 is 5.39. The monoisotopic (exact) mass is 332 g/mol. The van der Waals surface area contributed by atoms with Crippen LogP contribution in [0.4, 0.5) is 0 Å². The second-order valence-corrected chi connectivity index (χ2v) is 6.74. The van der Waals surface area contributed by atoms with Crippen molar-refractivity contribution < 1.29 is 14.3 Å². The van der Waals surface area contributed by atoms with E-state index in [9.17, 15) is 9.59 Å². The fraction of sp³-hybridized carbons (Fsp3) is 0.579. The van der Waals surface area contributed by atoms with Gasteiger partial charge in [-0.3, -0.25) is 9.59 Å². The first kappa shape index (κ1) is 18.3. The van der Waals surface area contributed by atoms with Gasteiger partial charge in [0.25, 0.3) is 0 Å². The van der Waals surface area contributed by atoms with E-state index in [4.69, 9.17) is 4.74 Å². The summed E-state index contributed by atoms with van der Waals surface area (Å²) >= 11 is 0. The summed E-state index contributed by atoms with van der Waals surface area (Å²) in [5.41, 5.74) is 3.29. The van der Waals surface area contributed by atoms with E-state index in [1.54, 1.807) is 18.9 Å². The third-order valence-electron chi connectivity index (χ3n) is 4.81. The van der Waals surface area contributed by atoms with Crippen molar-refractivity contribution in [2.24, 2.45) is 5.92 Å². The lowest BCUT2D eigenvalue weighted by atomic mass is 9.95. The Morgan fingerprint density at radius 1 is 1.21 bits per heavy atom. The molecule has 1 aromatic carbocycles. The van der Waals surface area contributed by atoms with Crippen LogP contribution in [0.2, 0.25) is 0 Å². The molecule has 0 aromatic heterocycles. The number of aryl methyl sites for hydroxylation is 2. The predicted octanol–water partition coefficient (Wildman–Crippen LogP) is 2.53. The Bertz CT molecular complexity index is 596. The van der Waals surface area contributed by atoms with E-state index in [-0.39, 0.29) is 17.7 Å². The zero-order chi connectivity index (χ0) is 17.9. The highest BCUT2D eigenvalue weighted by Gasteiger charge is 2.28. The van der Waals surface area contributed by atoms with Gasteiger partial charge in [-0.15, -0.1) is 0 Å². The van der Waals surface area contributed by atoms with Crippen LogP contribution in [0.25, 0.3) is 0 Å². The van der Waals surface area contributed by atoms with Crippen molar-refractivity contribution in [3.05, 3.63) is 28.8 Å². The summed E-state index contributed by atoms with van der Waals surface area (Å²) in [4.78, 5) is 27.7. The number of carbonyl (C=O) groups excluding carboxylic acids is 2. The lowest BCUT2D eigenvalue weighted by molar-refractivity contribution is -0.139. The SMILES string of the molecule is COc1c(C)cc(CN(C)C(=O)C2CCN(C(C)=O)CC2)cc1C. The lowest BCUT2D eigenvalue weighted by Gasteiger charge is -2.32. The minimum Gasteiger partial charge on any atom is -0.496 e. The Kier molecular flexibility index (Phi) is 5.86. The van der Waals surface area contributed by atoms with Crippen LogP contribution in [0.5, 0.6) is 5.75 Å². The molecule has 1 aliphatic heterocycles. The fourth-order valence-electron chi connectivity index (χ4n) is 3.56. The molecule has 0 N–H and O–H groups in total. The minimum atomic E-state index is 0.0195. The van der Waals surface area contributed by atoms with Crippen LogP contribution in [0.1, 0.15) is 36.5 Å². The highest BCUT2D eigenvalue weighted by atomic mass is 16.5. The van der Waals surface area contributed by atoms with E-state index < -0.39 is 0 Å². The minimum absolute atomic E-state index is 0.0195. The van der Waals surface area contributed by atoms with Crippen LogP contribution in [-0.2, 0) is 16.1 Å². The lowest BCUT2D eigenvalue weighted by Crippen LogP contribution is -2.42. The highest BCUT2D eigenvalue weighted by Crippen LogP contribution is 2.26. The Hall–Kier alpha value is -2.04. The zero-order valence-corrected chi connectivity index (χ0v) is 15.4. The Labute approximate surface area is 144 Å². The first-order chi connectivity index (χ1) is 11.3. The average molecular weight is 332 g/mol. The van der Waals surface area contributed by atoms with Crippen molar-refractivity contribution >= 4 is 11.8 Å². The summed E-state index contributed by atoms with van der Waals surface area (Å²) in [7, 11) is 3.53. The van der Waals surface area contributed by atoms with Crippen molar-refractivity contribution in [3.63, 3.8) is 0 Å². The largest absolute Gasteiger partial charge is 0.496 e. The van der Waals surface area contributed by atoms with Gasteiger partial charge in [-0.1, -0.05) is 12.1 Å². The normalized spacial score (nSPS) is 15.3. The number of hydrogen-bond donors (Lipinski definition) is 0. The van der Waals surface area contributed by atoms with Gasteiger partial charge >= 0.3 is 0 Å². The predicted molar refractivity (Wildman–Crippen MR) is 93.9 cm³/mol. The molecular weight excluding hydrogens is 304 g/mol. The van der Waals surface area contributed by atoms with Gasteiger partial charge in [0.05, 0.1) is 7.11 Å². The van der Waals surface area contributed by atoms with Gasteiger partial charge in [0, 0.05) is 39.5 Å². The number of amides is 2. The molecule has 0 unspecified atom stereocenters. The Balaban J connectivity index is 1.98. The smallest absolute Gasteiger partial charge is 0.225 e. The van der Waals surface area contributed by atoms with Crippen LogP contribution in [0.3, 0.4) is 0 Å². The van der Waals surface area contributed by atoms with Crippen LogP contribution in [0.15, 0.2) is 12.1 Å². The van der Waals surface area contributed by atoms with Gasteiger partial charge in [-0.05, 0) is 43.4 Å². The average Bonchev–Trinajstić information content (AvgIpc) is 2.54. The van der Waals surface area contributed by atoms with Gasteiger partial charge < -0.3 is 14.5 Å². The Morgan fingerprint density at radius 2 is 1.75 bits per heavy atom. The maximum atomic E-state index is 12.7. The molecule has 1 fully saturated rings. The number of rotatable bonds is 4. The molecule has 0 bridgehead atoms. The van der Waals surface area contributed by atoms with Crippen molar-refractivity contribution in [2.75, 3.05) is 27.2 Å². The van der Waals surface area contributed by atoms with Gasteiger partial charge in [0.1, 0.15) is 5.75 Å². The summed E-state index contributed by atoms with van der Waals surface area (Å²) in [6.07, 6.45) is 1.51. The van der Waals surface area contributed by atoms with Crippen molar-refractivity contribution in [1.82, 2.24) is 9.80 Å². The van der Waals surface area contributed by atoms with E-state index >= 15 is 0 Å². The van der Waals surface area contributed by atoms with Crippen molar-refractivity contribution in [1.29, 1.82) is 0 Å². The van der Waals surface area contributed by atoms with Crippen LogP contribution < -0.4 is 4.74 Å². The second-order valence-electron chi connectivity index (χ2n) is 6.74. The topological polar surface area (TPSA) is 49.9 Å². The van der Waals surface area contributed by atoms with Crippen molar-refractivity contribution in [2.45, 2.75) is 40.2 Å². The summed E-state index contributed by atoms with van der Waals surface area (Å²) in [5, 5.41) is 0. The fourth-order valence-corrected chi connectivity index (χ4v) is 3.56.